The number of hydrogen-bond donors (Lipinski definition) is 1. The molecule has 2 amide bonds. The Hall–Kier alpha value is -2.67. The minimum atomic E-state index is -0.432. The maximum Gasteiger partial charge on any atom is 0.309 e. The largest absolute Gasteiger partial charge is 0.463 e. The van der Waals surface area contributed by atoms with Crippen molar-refractivity contribution < 1.29 is 24.2 Å². The fourth-order valence-corrected chi connectivity index (χ4v) is 5.85. The molecule has 2 saturated heterocycles. The molecule has 7 nitrogen and oxygen atoms in total. The molecule has 0 saturated carbocycles. The molecule has 3 aliphatic heterocycles. The van der Waals surface area contributed by atoms with Gasteiger partial charge in [-0.3, -0.25) is 14.4 Å². The van der Waals surface area contributed by atoms with E-state index >= 15 is 0 Å². The van der Waals surface area contributed by atoms with Gasteiger partial charge >= 0.3 is 5.97 Å². The Bertz CT molecular complexity index is 917. The number of fused-ring (bicyclic) bond motifs is 1. The van der Waals surface area contributed by atoms with Crippen molar-refractivity contribution in [1.82, 2.24) is 9.80 Å². The first kappa shape index (κ1) is 26.4. The molecule has 4 unspecified atom stereocenters. The van der Waals surface area contributed by atoms with Gasteiger partial charge in [-0.25, -0.2) is 0 Å². The summed E-state index contributed by atoms with van der Waals surface area (Å²) in [6.45, 7) is 1.46. The molecule has 0 radical (unpaired) electrons. The van der Waals surface area contributed by atoms with E-state index in [-0.39, 0.29) is 55.4 Å². The second kappa shape index (κ2) is 13.0. The van der Waals surface area contributed by atoms with Crippen molar-refractivity contribution >= 4 is 17.8 Å². The summed E-state index contributed by atoms with van der Waals surface area (Å²) in [5.41, 5.74) is 1.13. The Morgan fingerprint density at radius 3 is 2.58 bits per heavy atom. The van der Waals surface area contributed by atoms with E-state index in [1.807, 2.05) is 41.3 Å². The molecule has 1 aromatic carbocycles. The van der Waals surface area contributed by atoms with Crippen LogP contribution in [0, 0.1) is 11.8 Å². The number of amides is 2. The zero-order valence-electron chi connectivity index (χ0n) is 21.2. The molecule has 1 N–H and O–H groups in total. The van der Waals surface area contributed by atoms with E-state index in [1.165, 1.54) is 0 Å². The Labute approximate surface area is 214 Å². The smallest absolute Gasteiger partial charge is 0.309 e. The van der Waals surface area contributed by atoms with Crippen molar-refractivity contribution in [1.29, 1.82) is 0 Å². The molecule has 4 rings (SSSR count). The van der Waals surface area contributed by atoms with Gasteiger partial charge < -0.3 is 19.6 Å². The van der Waals surface area contributed by atoms with E-state index in [1.54, 1.807) is 4.90 Å². The minimum Gasteiger partial charge on any atom is -0.463 e. The third-order valence-electron chi connectivity index (χ3n) is 7.93. The number of cyclic esters (lactones) is 1. The van der Waals surface area contributed by atoms with Crippen LogP contribution in [0.1, 0.15) is 63.4 Å². The second-order valence-electron chi connectivity index (χ2n) is 10.4. The number of carbonyl (C=O) groups excluding carboxylic acids is 3. The van der Waals surface area contributed by atoms with Gasteiger partial charge in [-0.15, -0.1) is 0 Å². The van der Waals surface area contributed by atoms with Crippen molar-refractivity contribution in [2.45, 2.75) is 76.3 Å². The minimum absolute atomic E-state index is 0.0239. The summed E-state index contributed by atoms with van der Waals surface area (Å²) in [6, 6.07) is 9.77. The maximum atomic E-state index is 13.6. The SMILES string of the molecule is O=C1OCC2CCCN2C(=O)C(CC(=O)N2CCCC2CO)CC=CCCCC1Cc1ccccc1. The molecule has 196 valence electrons. The Kier molecular flexibility index (Phi) is 9.56. The zero-order chi connectivity index (χ0) is 25.3. The summed E-state index contributed by atoms with van der Waals surface area (Å²) in [5.74, 6) is -0.886. The normalized spacial score (nSPS) is 28.0. The Balaban J connectivity index is 1.45. The highest BCUT2D eigenvalue weighted by Gasteiger charge is 2.37. The number of ether oxygens (including phenoxy) is 1. The molecular weight excluding hydrogens is 456 g/mol. The number of rotatable bonds is 5. The van der Waals surface area contributed by atoms with Crippen LogP contribution in [0.5, 0.6) is 0 Å². The van der Waals surface area contributed by atoms with Gasteiger partial charge in [0, 0.05) is 19.5 Å². The number of nitrogens with zero attached hydrogens (tertiary/aromatic N) is 2. The van der Waals surface area contributed by atoms with Gasteiger partial charge in [-0.1, -0.05) is 42.5 Å². The third-order valence-corrected chi connectivity index (χ3v) is 7.93. The number of esters is 1. The molecule has 0 aliphatic carbocycles. The average molecular weight is 497 g/mol. The first-order chi connectivity index (χ1) is 17.6. The zero-order valence-corrected chi connectivity index (χ0v) is 21.2. The van der Waals surface area contributed by atoms with Gasteiger partial charge in [0.1, 0.15) is 6.61 Å². The van der Waals surface area contributed by atoms with Crippen molar-refractivity contribution in [3.63, 3.8) is 0 Å². The van der Waals surface area contributed by atoms with Crippen molar-refractivity contribution in [3.8, 4) is 0 Å². The van der Waals surface area contributed by atoms with Crippen LogP contribution < -0.4 is 0 Å². The fourth-order valence-electron chi connectivity index (χ4n) is 5.85. The first-order valence-corrected chi connectivity index (χ1v) is 13.6. The Morgan fingerprint density at radius 1 is 0.972 bits per heavy atom. The molecule has 4 atom stereocenters. The van der Waals surface area contributed by atoms with Crippen LogP contribution in [-0.2, 0) is 25.5 Å². The topological polar surface area (TPSA) is 87.2 Å². The number of aliphatic hydroxyl groups is 1. The van der Waals surface area contributed by atoms with Gasteiger partial charge in [0.05, 0.1) is 30.5 Å². The first-order valence-electron chi connectivity index (χ1n) is 13.6. The summed E-state index contributed by atoms with van der Waals surface area (Å²) in [4.78, 5) is 43.3. The molecule has 0 spiro atoms. The van der Waals surface area contributed by atoms with E-state index in [2.05, 4.69) is 6.08 Å². The lowest BCUT2D eigenvalue weighted by Crippen LogP contribution is -2.45. The van der Waals surface area contributed by atoms with Crippen molar-refractivity contribution in [3.05, 3.63) is 48.0 Å². The molecule has 3 heterocycles. The lowest BCUT2D eigenvalue weighted by molar-refractivity contribution is -0.153. The predicted molar refractivity (Wildman–Crippen MR) is 137 cm³/mol. The van der Waals surface area contributed by atoms with Gasteiger partial charge in [0.15, 0.2) is 0 Å². The molecule has 1 aromatic rings. The Morgan fingerprint density at radius 2 is 1.78 bits per heavy atom. The third kappa shape index (κ3) is 6.75. The number of carbonyl (C=O) groups is 3. The summed E-state index contributed by atoms with van der Waals surface area (Å²) in [5, 5.41) is 9.63. The highest BCUT2D eigenvalue weighted by Crippen LogP contribution is 2.27. The number of allylic oxidation sites excluding steroid dienone is 2. The number of hydrogen-bond acceptors (Lipinski definition) is 5. The van der Waals surface area contributed by atoms with E-state index in [9.17, 15) is 19.5 Å². The molecule has 0 aromatic heterocycles. The average Bonchev–Trinajstić information content (AvgIpc) is 3.57. The van der Waals surface area contributed by atoms with Gasteiger partial charge in [-0.05, 0) is 63.4 Å². The highest BCUT2D eigenvalue weighted by atomic mass is 16.5. The maximum absolute atomic E-state index is 13.6. The monoisotopic (exact) mass is 496 g/mol. The summed E-state index contributed by atoms with van der Waals surface area (Å²) < 4.78 is 5.81. The van der Waals surface area contributed by atoms with Gasteiger partial charge in [-0.2, -0.15) is 0 Å². The number of benzene rings is 1. The molecule has 3 aliphatic rings. The van der Waals surface area contributed by atoms with Crippen molar-refractivity contribution in [2.24, 2.45) is 11.8 Å². The molecular formula is C29H40N2O5. The molecule has 0 bridgehead atoms. The van der Waals surface area contributed by atoms with Crippen LogP contribution in [-0.4, -0.2) is 71.1 Å². The van der Waals surface area contributed by atoms with Crippen LogP contribution in [0.15, 0.2) is 42.5 Å². The number of likely N-dealkylation sites (tertiary alicyclic amines) is 1. The van der Waals surface area contributed by atoms with Gasteiger partial charge in [0.2, 0.25) is 11.8 Å². The van der Waals surface area contributed by atoms with Crippen LogP contribution in [0.25, 0.3) is 0 Å². The summed E-state index contributed by atoms with van der Waals surface area (Å²) in [7, 11) is 0. The van der Waals surface area contributed by atoms with Gasteiger partial charge in [0.25, 0.3) is 0 Å². The lowest BCUT2D eigenvalue weighted by Gasteiger charge is -2.30. The number of aliphatic hydroxyl groups excluding tert-OH is 1. The standard InChI is InChI=1S/C29H40N2O5/c32-20-25-14-8-16-30(25)27(33)19-23-12-6-1-2-7-13-24(18-22-10-4-3-5-11-22)29(35)36-21-26-15-9-17-31(26)28(23)34/h1,3-6,10-11,23-26,32H,2,7-9,12-21H2. The molecule has 7 heteroatoms. The quantitative estimate of drug-likeness (QED) is 0.498. The predicted octanol–water partition coefficient (Wildman–Crippen LogP) is 3.50. The van der Waals surface area contributed by atoms with Crippen LogP contribution in [0.2, 0.25) is 0 Å². The van der Waals surface area contributed by atoms with Crippen molar-refractivity contribution in [2.75, 3.05) is 26.3 Å². The fraction of sp³-hybridized carbons (Fsp3) is 0.621. The van der Waals surface area contributed by atoms with Crippen LogP contribution in [0.4, 0.5) is 0 Å². The summed E-state index contributed by atoms with van der Waals surface area (Å²) in [6.07, 6.45) is 11.3. The van der Waals surface area contributed by atoms with E-state index in [4.69, 9.17) is 4.74 Å². The highest BCUT2D eigenvalue weighted by molar-refractivity contribution is 5.86. The molecule has 36 heavy (non-hydrogen) atoms. The lowest BCUT2D eigenvalue weighted by atomic mass is 9.93. The van der Waals surface area contributed by atoms with Crippen LogP contribution in [0.3, 0.4) is 0 Å². The van der Waals surface area contributed by atoms with E-state index < -0.39 is 5.92 Å². The van der Waals surface area contributed by atoms with Crippen LogP contribution >= 0.6 is 0 Å². The van der Waals surface area contributed by atoms with E-state index in [0.29, 0.717) is 25.9 Å². The summed E-state index contributed by atoms with van der Waals surface area (Å²) >= 11 is 0. The second-order valence-corrected chi connectivity index (χ2v) is 10.4. The van der Waals surface area contributed by atoms with E-state index in [0.717, 1.165) is 50.5 Å². The molecule has 2 fully saturated rings.